The minimum Gasteiger partial charge on any atom is -0.294 e. The van der Waals surface area contributed by atoms with E-state index in [1.807, 2.05) is 152 Å². The summed E-state index contributed by atoms with van der Waals surface area (Å²) in [5.41, 5.74) is 2.52. The van der Waals surface area contributed by atoms with E-state index in [4.69, 9.17) is 0 Å². The first kappa shape index (κ1) is 27.5. The number of carbonyl (C=O) groups is 2. The largest absolute Gasteiger partial charge is 0.294 e. The van der Waals surface area contributed by atoms with E-state index in [1.54, 1.807) is 0 Å². The number of hydrogen-bond acceptors (Lipinski definition) is 3. The summed E-state index contributed by atoms with van der Waals surface area (Å²) in [6, 6.07) is 50.4. The summed E-state index contributed by atoms with van der Waals surface area (Å²) in [5, 5.41) is 11.4. The monoisotopic (exact) mass is 533 g/mol. The molecule has 0 aliphatic rings. The molecule has 0 N–H and O–H groups in total. The van der Waals surface area contributed by atoms with E-state index in [9.17, 15) is 14.9 Å². The molecule has 200 valence electrons. The third-order valence-electron chi connectivity index (χ3n) is 7.91. The van der Waals surface area contributed by atoms with Crippen LogP contribution in [0.5, 0.6) is 0 Å². The van der Waals surface area contributed by atoms with E-state index in [2.05, 4.69) is 6.07 Å². The third-order valence-corrected chi connectivity index (χ3v) is 7.91. The summed E-state index contributed by atoms with van der Waals surface area (Å²) in [4.78, 5) is 27.7. The van der Waals surface area contributed by atoms with E-state index in [1.165, 1.54) is 0 Å². The summed E-state index contributed by atoms with van der Waals surface area (Å²) < 4.78 is 0. The highest BCUT2D eigenvalue weighted by atomic mass is 16.1. The van der Waals surface area contributed by atoms with E-state index >= 15 is 0 Å². The molecule has 0 saturated carbocycles. The maximum Gasteiger partial charge on any atom is 0.163 e. The molecule has 0 fully saturated rings. The zero-order valence-corrected chi connectivity index (χ0v) is 22.8. The van der Waals surface area contributed by atoms with Gasteiger partial charge in [-0.3, -0.25) is 9.59 Å². The van der Waals surface area contributed by atoms with Gasteiger partial charge in [-0.05, 0) is 16.7 Å². The molecule has 5 aromatic carbocycles. The number of rotatable bonds is 11. The highest BCUT2D eigenvalue weighted by Crippen LogP contribution is 2.52. The quantitative estimate of drug-likeness (QED) is 0.160. The van der Waals surface area contributed by atoms with Crippen LogP contribution < -0.4 is 0 Å². The molecule has 0 spiro atoms. The Morgan fingerprint density at radius 2 is 0.829 bits per heavy atom. The SMILES string of the molecule is N#CC(c1ccccc1)(C(CC(=O)c1ccccc1)c1ccccc1)C(CC(=O)c1ccccc1)c1ccccc1. The van der Waals surface area contributed by atoms with E-state index in [-0.39, 0.29) is 24.4 Å². The summed E-state index contributed by atoms with van der Waals surface area (Å²) >= 11 is 0. The maximum absolute atomic E-state index is 13.8. The van der Waals surface area contributed by atoms with Crippen molar-refractivity contribution in [3.63, 3.8) is 0 Å². The number of ketones is 2. The van der Waals surface area contributed by atoms with Crippen molar-refractivity contribution in [2.75, 3.05) is 0 Å². The van der Waals surface area contributed by atoms with Gasteiger partial charge in [0.15, 0.2) is 11.6 Å². The van der Waals surface area contributed by atoms with Crippen LogP contribution in [-0.4, -0.2) is 11.6 Å². The minimum atomic E-state index is -1.24. The Bertz CT molecular complexity index is 1510. The van der Waals surface area contributed by atoms with E-state index < -0.39 is 17.3 Å². The van der Waals surface area contributed by atoms with Crippen LogP contribution in [0.1, 0.15) is 62.1 Å². The number of Topliss-reactive ketones (excluding diaryl/α,β-unsaturated/α-hetero) is 2. The lowest BCUT2D eigenvalue weighted by atomic mass is 9.57. The average Bonchev–Trinajstić information content (AvgIpc) is 3.06. The Labute approximate surface area is 241 Å². The van der Waals surface area contributed by atoms with Crippen molar-refractivity contribution in [1.29, 1.82) is 5.26 Å². The second-order valence-corrected chi connectivity index (χ2v) is 10.3. The molecule has 0 aromatic heterocycles. The van der Waals surface area contributed by atoms with Crippen molar-refractivity contribution in [3.05, 3.63) is 179 Å². The Morgan fingerprint density at radius 3 is 1.17 bits per heavy atom. The van der Waals surface area contributed by atoms with Crippen LogP contribution in [0, 0.1) is 11.3 Å². The third kappa shape index (κ3) is 5.93. The Morgan fingerprint density at radius 1 is 0.512 bits per heavy atom. The molecule has 0 amide bonds. The predicted octanol–water partition coefficient (Wildman–Crippen LogP) is 8.56. The van der Waals surface area contributed by atoms with Gasteiger partial charge in [-0.2, -0.15) is 5.26 Å². The summed E-state index contributed by atoms with van der Waals surface area (Å²) in [7, 11) is 0. The zero-order valence-electron chi connectivity index (χ0n) is 22.8. The average molecular weight is 534 g/mol. The van der Waals surface area contributed by atoms with Crippen molar-refractivity contribution in [1.82, 2.24) is 0 Å². The maximum atomic E-state index is 13.8. The van der Waals surface area contributed by atoms with Gasteiger partial charge in [0, 0.05) is 35.8 Å². The molecular weight excluding hydrogens is 502 g/mol. The topological polar surface area (TPSA) is 57.9 Å². The smallest absolute Gasteiger partial charge is 0.163 e. The molecule has 41 heavy (non-hydrogen) atoms. The van der Waals surface area contributed by atoms with Gasteiger partial charge in [0.1, 0.15) is 0 Å². The summed E-state index contributed by atoms with van der Waals surface area (Å²) in [6.07, 6.45) is 0.221. The summed E-state index contributed by atoms with van der Waals surface area (Å²) in [6.45, 7) is 0. The van der Waals surface area contributed by atoms with Gasteiger partial charge in [-0.25, -0.2) is 0 Å². The fraction of sp³-hybridized carbons (Fsp3) is 0.132. The number of nitrogens with zero attached hydrogens (tertiary/aromatic N) is 1. The van der Waals surface area contributed by atoms with Crippen LogP contribution >= 0.6 is 0 Å². The van der Waals surface area contributed by atoms with E-state index in [0.29, 0.717) is 11.1 Å². The fourth-order valence-corrected chi connectivity index (χ4v) is 5.89. The molecule has 0 aliphatic heterocycles. The molecule has 0 bridgehead atoms. The van der Waals surface area contributed by atoms with Gasteiger partial charge < -0.3 is 0 Å². The second kappa shape index (κ2) is 12.9. The Balaban J connectivity index is 1.74. The minimum absolute atomic E-state index is 0.0452. The highest BCUT2D eigenvalue weighted by Gasteiger charge is 2.50. The lowest BCUT2D eigenvalue weighted by Gasteiger charge is -2.42. The number of carbonyl (C=O) groups excluding carboxylic acids is 2. The molecular formula is C38H31NO2. The molecule has 2 unspecified atom stereocenters. The van der Waals surface area contributed by atoms with Crippen LogP contribution in [-0.2, 0) is 5.41 Å². The van der Waals surface area contributed by atoms with Crippen LogP contribution in [0.3, 0.4) is 0 Å². The van der Waals surface area contributed by atoms with Crippen LogP contribution in [0.4, 0.5) is 0 Å². The Hall–Kier alpha value is -5.07. The van der Waals surface area contributed by atoms with Gasteiger partial charge >= 0.3 is 0 Å². The van der Waals surface area contributed by atoms with Crippen molar-refractivity contribution >= 4 is 11.6 Å². The number of benzene rings is 5. The molecule has 0 radical (unpaired) electrons. The fourth-order valence-electron chi connectivity index (χ4n) is 5.89. The van der Waals surface area contributed by atoms with Gasteiger partial charge in [0.2, 0.25) is 0 Å². The van der Waals surface area contributed by atoms with Crippen LogP contribution in [0.15, 0.2) is 152 Å². The van der Waals surface area contributed by atoms with Crippen molar-refractivity contribution in [3.8, 4) is 6.07 Å². The van der Waals surface area contributed by atoms with Gasteiger partial charge in [-0.15, -0.1) is 0 Å². The highest BCUT2D eigenvalue weighted by molar-refractivity contribution is 5.97. The second-order valence-electron chi connectivity index (χ2n) is 10.3. The molecule has 0 aliphatic carbocycles. The first-order valence-electron chi connectivity index (χ1n) is 13.9. The first-order valence-corrected chi connectivity index (χ1v) is 13.9. The molecule has 5 aromatic rings. The van der Waals surface area contributed by atoms with Gasteiger partial charge in [0.05, 0.1) is 11.5 Å². The predicted molar refractivity (Wildman–Crippen MR) is 163 cm³/mol. The number of hydrogen-bond donors (Lipinski definition) is 0. The van der Waals surface area contributed by atoms with Crippen LogP contribution in [0.25, 0.3) is 0 Å². The van der Waals surface area contributed by atoms with Gasteiger partial charge in [-0.1, -0.05) is 152 Å². The van der Waals surface area contributed by atoms with Gasteiger partial charge in [0.25, 0.3) is 0 Å². The first-order chi connectivity index (χ1) is 20.1. The normalized spacial score (nSPS) is 13.7. The lowest BCUT2D eigenvalue weighted by Crippen LogP contribution is -2.41. The van der Waals surface area contributed by atoms with Crippen LogP contribution in [0.2, 0.25) is 0 Å². The molecule has 2 atom stereocenters. The lowest BCUT2D eigenvalue weighted by molar-refractivity contribution is 0.0945. The standard InChI is InChI=1S/C38H31NO2/c39-28-38(33-24-14-5-15-25-33,34(29-16-6-1-7-17-29)26-36(40)31-20-10-3-11-21-31)35(30-18-8-2-9-19-30)27-37(41)32-22-12-4-13-23-32/h1-25,34-35H,26-27H2. The van der Waals surface area contributed by atoms with E-state index in [0.717, 1.165) is 16.7 Å². The molecule has 3 nitrogen and oxygen atoms in total. The summed E-state index contributed by atoms with van der Waals surface area (Å²) in [5.74, 6) is -1.15. The zero-order chi connectivity index (χ0) is 28.5. The number of nitriles is 1. The molecule has 5 rings (SSSR count). The molecule has 0 heterocycles. The Kier molecular flexibility index (Phi) is 8.62. The van der Waals surface area contributed by atoms with Crippen molar-refractivity contribution in [2.45, 2.75) is 30.1 Å². The molecule has 0 saturated heterocycles. The van der Waals surface area contributed by atoms with Crippen molar-refractivity contribution in [2.24, 2.45) is 0 Å². The van der Waals surface area contributed by atoms with Crippen molar-refractivity contribution < 1.29 is 9.59 Å². The molecule has 3 heteroatoms.